The number of aromatic nitrogens is 1. The molecule has 2 heterocycles. The first-order chi connectivity index (χ1) is 14.8. The molecule has 1 aromatic heterocycles. The van der Waals surface area contributed by atoms with E-state index in [1.165, 1.54) is 12.1 Å². The van der Waals surface area contributed by atoms with Crippen LogP contribution in [0.3, 0.4) is 0 Å². The molecule has 1 aliphatic heterocycles. The van der Waals surface area contributed by atoms with Crippen LogP contribution in [0.4, 0.5) is 4.39 Å². The molecule has 0 amide bonds. The summed E-state index contributed by atoms with van der Waals surface area (Å²) >= 11 is 0. The average Bonchev–Trinajstić information content (AvgIpc) is 2.72. The van der Waals surface area contributed by atoms with Crippen LogP contribution in [-0.4, -0.2) is 27.9 Å². The smallest absolute Gasteiger partial charge is 0.309 e. The molecule has 0 unspecified atom stereocenters. The zero-order valence-electron chi connectivity index (χ0n) is 17.4. The van der Waals surface area contributed by atoms with Crippen molar-refractivity contribution in [3.05, 3.63) is 76.5 Å². The second-order valence-electron chi connectivity index (χ2n) is 8.06. The third-order valence-corrected chi connectivity index (χ3v) is 5.47. The van der Waals surface area contributed by atoms with Gasteiger partial charge in [-0.15, -0.1) is 0 Å². The molecule has 4 rings (SSSR count). The molecule has 2 aromatic carbocycles. The van der Waals surface area contributed by atoms with E-state index in [0.717, 1.165) is 16.5 Å². The third kappa shape index (κ3) is 4.16. The highest BCUT2D eigenvalue weighted by Crippen LogP contribution is 2.33. The fraction of sp³-hybridized carbons (Fsp3) is 0.280. The molecule has 0 saturated carbocycles. The molecule has 160 valence electrons. The van der Waals surface area contributed by atoms with Crippen LogP contribution in [0.15, 0.2) is 59.4 Å². The SMILES string of the molecule is CC(C)n1c(C=C[C@H]2C[C@@H](O)CC(=O)O2)c(-c2ccc(F)cc2)c2ccccc2c1=O. The molecule has 1 saturated heterocycles. The number of nitrogens with zero attached hydrogens (tertiary/aromatic N) is 1. The number of halogens is 1. The molecule has 5 nitrogen and oxygen atoms in total. The summed E-state index contributed by atoms with van der Waals surface area (Å²) in [7, 11) is 0. The van der Waals surface area contributed by atoms with Crippen molar-refractivity contribution in [2.24, 2.45) is 0 Å². The van der Waals surface area contributed by atoms with E-state index in [9.17, 15) is 19.1 Å². The van der Waals surface area contributed by atoms with E-state index in [2.05, 4.69) is 0 Å². The van der Waals surface area contributed by atoms with Gasteiger partial charge in [-0.05, 0) is 55.1 Å². The molecule has 31 heavy (non-hydrogen) atoms. The van der Waals surface area contributed by atoms with E-state index in [1.54, 1.807) is 34.9 Å². The number of esters is 1. The van der Waals surface area contributed by atoms with Crippen molar-refractivity contribution >= 4 is 22.8 Å². The Hall–Kier alpha value is -3.25. The lowest BCUT2D eigenvalue weighted by Crippen LogP contribution is -2.31. The van der Waals surface area contributed by atoms with Crippen molar-refractivity contribution in [2.45, 2.75) is 44.9 Å². The Labute approximate surface area is 179 Å². The van der Waals surface area contributed by atoms with Crippen molar-refractivity contribution in [3.63, 3.8) is 0 Å². The molecule has 3 aromatic rings. The summed E-state index contributed by atoms with van der Waals surface area (Å²) in [6.45, 7) is 3.85. The fourth-order valence-corrected chi connectivity index (χ4v) is 4.11. The summed E-state index contributed by atoms with van der Waals surface area (Å²) in [6.07, 6.45) is 2.42. The molecule has 1 N–H and O–H groups in total. The maximum absolute atomic E-state index is 13.6. The van der Waals surface area contributed by atoms with Gasteiger partial charge in [-0.25, -0.2) is 4.39 Å². The Morgan fingerprint density at radius 1 is 1.10 bits per heavy atom. The largest absolute Gasteiger partial charge is 0.458 e. The Morgan fingerprint density at radius 3 is 2.42 bits per heavy atom. The number of cyclic esters (lactones) is 1. The Balaban J connectivity index is 1.97. The molecule has 6 heteroatoms. The number of aliphatic hydroxyl groups is 1. The molecular formula is C25H24FNO4. The number of aliphatic hydroxyl groups excluding tert-OH is 1. The molecule has 0 radical (unpaired) electrons. The van der Waals surface area contributed by atoms with Gasteiger partial charge in [-0.1, -0.05) is 30.3 Å². The number of carbonyl (C=O) groups is 1. The lowest BCUT2D eigenvalue weighted by Gasteiger charge is -2.24. The number of benzene rings is 2. The van der Waals surface area contributed by atoms with Crippen molar-refractivity contribution in [3.8, 4) is 11.1 Å². The van der Waals surface area contributed by atoms with Crippen LogP contribution in [0.1, 0.15) is 38.4 Å². The predicted molar refractivity (Wildman–Crippen MR) is 118 cm³/mol. The lowest BCUT2D eigenvalue weighted by molar-refractivity contribution is -0.156. The van der Waals surface area contributed by atoms with Crippen LogP contribution < -0.4 is 5.56 Å². The van der Waals surface area contributed by atoms with Gasteiger partial charge in [0.15, 0.2) is 0 Å². The summed E-state index contributed by atoms with van der Waals surface area (Å²) in [5.74, 6) is -0.794. The van der Waals surface area contributed by atoms with Crippen LogP contribution in [0.25, 0.3) is 28.0 Å². The monoisotopic (exact) mass is 421 g/mol. The van der Waals surface area contributed by atoms with E-state index in [4.69, 9.17) is 4.74 Å². The molecule has 2 atom stereocenters. The lowest BCUT2D eigenvalue weighted by atomic mass is 9.95. The minimum atomic E-state index is -0.753. The van der Waals surface area contributed by atoms with Crippen LogP contribution in [0.2, 0.25) is 0 Å². The highest BCUT2D eigenvalue weighted by molar-refractivity contribution is 5.99. The molecule has 0 bridgehead atoms. The fourth-order valence-electron chi connectivity index (χ4n) is 4.11. The van der Waals surface area contributed by atoms with Gasteiger partial charge >= 0.3 is 5.97 Å². The maximum atomic E-state index is 13.6. The van der Waals surface area contributed by atoms with Gasteiger partial charge in [0.1, 0.15) is 11.9 Å². The van der Waals surface area contributed by atoms with Gasteiger partial charge in [0.05, 0.1) is 18.2 Å². The number of carbonyl (C=O) groups excluding carboxylic acids is 1. The predicted octanol–water partition coefficient (Wildman–Crippen LogP) is 4.47. The standard InChI is InChI=1S/C25H24FNO4/c1-15(2)27-22(12-11-19-13-18(28)14-23(29)31-19)24(16-7-9-17(26)10-8-16)20-5-3-4-6-21(20)25(27)30/h3-12,15,18-19,28H,13-14H2,1-2H3/t18-,19+/m1/s1. The van der Waals surface area contributed by atoms with E-state index in [-0.39, 0.29) is 23.8 Å². The normalized spacial score (nSPS) is 19.3. The molecule has 0 aliphatic carbocycles. The average molecular weight is 421 g/mol. The molecular weight excluding hydrogens is 397 g/mol. The van der Waals surface area contributed by atoms with Crippen molar-refractivity contribution in [2.75, 3.05) is 0 Å². The van der Waals surface area contributed by atoms with Gasteiger partial charge in [0.25, 0.3) is 5.56 Å². The maximum Gasteiger partial charge on any atom is 0.309 e. The summed E-state index contributed by atoms with van der Waals surface area (Å²) in [4.78, 5) is 25.0. The zero-order valence-corrected chi connectivity index (χ0v) is 17.4. The van der Waals surface area contributed by atoms with Crippen LogP contribution in [0, 0.1) is 5.82 Å². The summed E-state index contributed by atoms with van der Waals surface area (Å²) < 4.78 is 20.6. The molecule has 1 aliphatic rings. The number of hydrogen-bond donors (Lipinski definition) is 1. The second kappa shape index (κ2) is 8.47. The van der Waals surface area contributed by atoms with Crippen LogP contribution in [0.5, 0.6) is 0 Å². The summed E-state index contributed by atoms with van der Waals surface area (Å²) in [5, 5.41) is 11.2. The number of rotatable bonds is 4. The Morgan fingerprint density at radius 2 is 1.77 bits per heavy atom. The minimum absolute atomic E-state index is 0.0160. The second-order valence-corrected chi connectivity index (χ2v) is 8.06. The summed E-state index contributed by atoms with van der Waals surface area (Å²) in [5.41, 5.74) is 2.08. The van der Waals surface area contributed by atoms with Gasteiger partial charge in [-0.3, -0.25) is 9.59 Å². The quantitative estimate of drug-likeness (QED) is 0.631. The van der Waals surface area contributed by atoms with E-state index < -0.39 is 18.2 Å². The molecule has 1 fully saturated rings. The van der Waals surface area contributed by atoms with E-state index >= 15 is 0 Å². The minimum Gasteiger partial charge on any atom is -0.458 e. The van der Waals surface area contributed by atoms with Crippen LogP contribution >= 0.6 is 0 Å². The highest BCUT2D eigenvalue weighted by Gasteiger charge is 2.26. The van der Waals surface area contributed by atoms with Crippen molar-refractivity contribution in [1.82, 2.24) is 4.57 Å². The zero-order chi connectivity index (χ0) is 22.1. The van der Waals surface area contributed by atoms with Crippen molar-refractivity contribution in [1.29, 1.82) is 0 Å². The number of hydrogen-bond acceptors (Lipinski definition) is 4. The number of pyridine rings is 1. The van der Waals surface area contributed by atoms with E-state index in [1.807, 2.05) is 32.0 Å². The first-order valence-corrected chi connectivity index (χ1v) is 10.3. The van der Waals surface area contributed by atoms with Crippen molar-refractivity contribution < 1.29 is 19.0 Å². The Kier molecular flexibility index (Phi) is 5.74. The van der Waals surface area contributed by atoms with Gasteiger partial charge in [0.2, 0.25) is 0 Å². The first kappa shape index (κ1) is 21.0. The van der Waals surface area contributed by atoms with E-state index in [0.29, 0.717) is 17.5 Å². The highest BCUT2D eigenvalue weighted by atomic mass is 19.1. The van der Waals surface area contributed by atoms with Gasteiger partial charge in [0, 0.05) is 23.4 Å². The Bertz CT molecular complexity index is 1210. The van der Waals surface area contributed by atoms with Gasteiger partial charge < -0.3 is 14.4 Å². The summed E-state index contributed by atoms with van der Waals surface area (Å²) in [6, 6.07) is 13.4. The van der Waals surface area contributed by atoms with Gasteiger partial charge in [-0.2, -0.15) is 0 Å². The number of ether oxygens (including phenoxy) is 1. The van der Waals surface area contributed by atoms with Crippen LogP contribution in [-0.2, 0) is 9.53 Å². The third-order valence-electron chi connectivity index (χ3n) is 5.47. The molecule has 0 spiro atoms. The first-order valence-electron chi connectivity index (χ1n) is 10.3. The number of fused-ring (bicyclic) bond motifs is 1. The topological polar surface area (TPSA) is 68.5 Å².